The van der Waals surface area contributed by atoms with Crippen molar-refractivity contribution in [2.45, 2.75) is 51.6 Å². The van der Waals surface area contributed by atoms with E-state index in [2.05, 4.69) is 25.3 Å². The zero-order chi connectivity index (χ0) is 19.0. The summed E-state index contributed by atoms with van der Waals surface area (Å²) in [4.78, 5) is 22.2. The van der Waals surface area contributed by atoms with Crippen molar-refractivity contribution in [3.63, 3.8) is 0 Å². The van der Waals surface area contributed by atoms with Gasteiger partial charge in [-0.15, -0.1) is 0 Å². The summed E-state index contributed by atoms with van der Waals surface area (Å²) in [6.07, 6.45) is 7.77. The number of anilines is 1. The van der Waals surface area contributed by atoms with Crippen LogP contribution in [0.25, 0.3) is 5.82 Å². The molecule has 2 aromatic rings. The van der Waals surface area contributed by atoms with Gasteiger partial charge < -0.3 is 10.4 Å². The minimum Gasteiger partial charge on any atom is -0.480 e. The molecule has 0 amide bonds. The number of carbonyl (C=O) groups is 1. The molecule has 8 heteroatoms. The number of nitrogens with one attached hydrogen (secondary N) is 1. The monoisotopic (exact) mass is 370 g/mol. The van der Waals surface area contributed by atoms with Crippen LogP contribution in [0.4, 0.5) is 5.82 Å². The van der Waals surface area contributed by atoms with Gasteiger partial charge in [0, 0.05) is 24.3 Å². The second kappa shape index (κ2) is 7.26. The maximum Gasteiger partial charge on any atom is 0.317 e. The van der Waals surface area contributed by atoms with Gasteiger partial charge in [0.05, 0.1) is 24.6 Å². The summed E-state index contributed by atoms with van der Waals surface area (Å²) in [5, 5.41) is 17.1. The van der Waals surface area contributed by atoms with Gasteiger partial charge in [-0.25, -0.2) is 9.67 Å². The fourth-order valence-electron chi connectivity index (χ4n) is 3.75. The third-order valence-corrected chi connectivity index (χ3v) is 5.36. The predicted octanol–water partition coefficient (Wildman–Crippen LogP) is 2.02. The van der Waals surface area contributed by atoms with Crippen LogP contribution in [0.5, 0.6) is 0 Å². The summed E-state index contributed by atoms with van der Waals surface area (Å²) in [6, 6.07) is 2.65. The summed E-state index contributed by atoms with van der Waals surface area (Å²) in [6.45, 7) is 5.01. The van der Waals surface area contributed by atoms with Crippen LogP contribution in [-0.2, 0) is 4.79 Å². The van der Waals surface area contributed by atoms with Gasteiger partial charge in [0.25, 0.3) is 0 Å². The average Bonchev–Trinajstić information content (AvgIpc) is 3.32. The Hall–Kier alpha value is -2.48. The number of carboxylic acid groups (broad SMARTS) is 1. The minimum absolute atomic E-state index is 0.140. The third-order valence-electron chi connectivity index (χ3n) is 5.36. The van der Waals surface area contributed by atoms with Crippen LogP contribution < -0.4 is 5.32 Å². The Morgan fingerprint density at radius 1 is 1.33 bits per heavy atom. The van der Waals surface area contributed by atoms with Gasteiger partial charge in [0.2, 0.25) is 0 Å². The van der Waals surface area contributed by atoms with Gasteiger partial charge >= 0.3 is 5.97 Å². The summed E-state index contributed by atoms with van der Waals surface area (Å²) in [7, 11) is 0. The Labute approximate surface area is 158 Å². The first-order chi connectivity index (χ1) is 13.0. The lowest BCUT2D eigenvalue weighted by atomic mass is 9.85. The molecule has 2 heterocycles. The maximum absolute atomic E-state index is 11.1. The number of aliphatic carboxylic acids is 1. The summed E-state index contributed by atoms with van der Waals surface area (Å²) >= 11 is 0. The lowest BCUT2D eigenvalue weighted by Crippen LogP contribution is -2.52. The molecule has 0 aromatic carbocycles. The molecule has 0 spiro atoms. The lowest BCUT2D eigenvalue weighted by molar-refractivity contribution is -0.139. The number of rotatable bonds is 8. The fraction of sp³-hybridized carbons (Fsp3) is 0.579. The predicted molar refractivity (Wildman–Crippen MR) is 101 cm³/mol. The Balaban J connectivity index is 1.36. The van der Waals surface area contributed by atoms with Gasteiger partial charge in [0.1, 0.15) is 5.82 Å². The van der Waals surface area contributed by atoms with Gasteiger partial charge in [0.15, 0.2) is 5.82 Å². The van der Waals surface area contributed by atoms with Crippen LogP contribution >= 0.6 is 0 Å². The molecule has 0 unspecified atom stereocenters. The molecule has 0 radical (unpaired) electrons. The zero-order valence-electron chi connectivity index (χ0n) is 15.8. The molecule has 8 nitrogen and oxygen atoms in total. The highest BCUT2D eigenvalue weighted by atomic mass is 16.4. The first-order valence-corrected chi connectivity index (χ1v) is 9.56. The van der Waals surface area contributed by atoms with Crippen molar-refractivity contribution in [1.29, 1.82) is 0 Å². The van der Waals surface area contributed by atoms with Crippen molar-refractivity contribution in [1.82, 2.24) is 24.6 Å². The van der Waals surface area contributed by atoms with Crippen LogP contribution in [0, 0.1) is 19.8 Å². The summed E-state index contributed by atoms with van der Waals surface area (Å²) in [5.74, 6) is 1.38. The second-order valence-corrected chi connectivity index (χ2v) is 7.83. The Morgan fingerprint density at radius 2 is 2.11 bits per heavy atom. The van der Waals surface area contributed by atoms with E-state index < -0.39 is 5.97 Å². The van der Waals surface area contributed by atoms with Crippen LogP contribution in [0.3, 0.4) is 0 Å². The van der Waals surface area contributed by atoms with Crippen LogP contribution in [-0.4, -0.2) is 60.9 Å². The summed E-state index contributed by atoms with van der Waals surface area (Å²) < 4.78 is 1.79. The topological polar surface area (TPSA) is 96.2 Å². The fourth-order valence-corrected chi connectivity index (χ4v) is 3.75. The standard InChI is InChI=1S/C19H26N6O2/c1-12-5-13(2)25(23-12)18-9-20-8-17(22-18)21-15-6-16(7-15)24(11-19(26)27)10-14-3-4-14/h5,8-9,14-16H,3-4,6-7,10-11H2,1-2H3,(H,21,22)(H,26,27). The van der Waals surface area contributed by atoms with Crippen molar-refractivity contribution < 1.29 is 9.90 Å². The molecule has 2 fully saturated rings. The third kappa shape index (κ3) is 4.27. The van der Waals surface area contributed by atoms with Crippen molar-refractivity contribution in [3.05, 3.63) is 29.8 Å². The molecule has 0 aliphatic heterocycles. The molecule has 144 valence electrons. The quantitative estimate of drug-likeness (QED) is 0.734. The van der Waals surface area contributed by atoms with Gasteiger partial charge in [-0.2, -0.15) is 5.10 Å². The van der Waals surface area contributed by atoms with E-state index in [-0.39, 0.29) is 6.54 Å². The molecule has 2 N–H and O–H groups in total. The molecule has 0 saturated heterocycles. The normalized spacial score (nSPS) is 21.9. The van der Waals surface area contributed by atoms with E-state index in [4.69, 9.17) is 5.11 Å². The molecular weight excluding hydrogens is 344 g/mol. The molecule has 4 rings (SSSR count). The van der Waals surface area contributed by atoms with Gasteiger partial charge in [-0.05, 0) is 51.5 Å². The highest BCUT2D eigenvalue weighted by Crippen LogP contribution is 2.34. The highest BCUT2D eigenvalue weighted by Gasteiger charge is 2.37. The second-order valence-electron chi connectivity index (χ2n) is 7.83. The molecule has 2 aromatic heterocycles. The van der Waals surface area contributed by atoms with Gasteiger partial charge in [-0.1, -0.05) is 0 Å². The Morgan fingerprint density at radius 3 is 2.74 bits per heavy atom. The SMILES string of the molecule is Cc1cc(C)n(-c2cncc(NC3CC(N(CC(=O)O)CC4CC4)C3)n2)n1. The lowest BCUT2D eigenvalue weighted by Gasteiger charge is -2.43. The number of hydrogen-bond donors (Lipinski definition) is 2. The van der Waals surface area contributed by atoms with Crippen molar-refractivity contribution in [2.75, 3.05) is 18.4 Å². The number of carboxylic acids is 1. The summed E-state index contributed by atoms with van der Waals surface area (Å²) in [5.41, 5.74) is 1.97. The number of nitrogens with zero attached hydrogens (tertiary/aromatic N) is 5. The number of hydrogen-bond acceptors (Lipinski definition) is 6. The molecule has 0 atom stereocenters. The molecule has 2 aliphatic rings. The average molecular weight is 370 g/mol. The minimum atomic E-state index is -0.740. The van der Waals surface area contributed by atoms with E-state index in [9.17, 15) is 4.79 Å². The van der Waals surface area contributed by atoms with E-state index in [0.717, 1.165) is 36.6 Å². The van der Waals surface area contributed by atoms with E-state index >= 15 is 0 Å². The molecule has 0 bridgehead atoms. The van der Waals surface area contributed by atoms with Crippen LogP contribution in [0.1, 0.15) is 37.1 Å². The van der Waals surface area contributed by atoms with Crippen LogP contribution in [0.2, 0.25) is 0 Å². The van der Waals surface area contributed by atoms with E-state index in [1.54, 1.807) is 17.1 Å². The first-order valence-electron chi connectivity index (χ1n) is 9.56. The van der Waals surface area contributed by atoms with Crippen molar-refractivity contribution >= 4 is 11.8 Å². The van der Waals surface area contributed by atoms with Crippen LogP contribution in [0.15, 0.2) is 18.5 Å². The molecule has 2 saturated carbocycles. The van der Waals surface area contributed by atoms with E-state index in [1.165, 1.54) is 12.8 Å². The Kier molecular flexibility index (Phi) is 4.82. The number of aryl methyl sites for hydroxylation is 2. The maximum atomic E-state index is 11.1. The molecule has 2 aliphatic carbocycles. The largest absolute Gasteiger partial charge is 0.480 e. The van der Waals surface area contributed by atoms with Crippen molar-refractivity contribution in [2.24, 2.45) is 5.92 Å². The zero-order valence-corrected chi connectivity index (χ0v) is 15.8. The Bertz CT molecular complexity index is 825. The van der Waals surface area contributed by atoms with Crippen molar-refractivity contribution in [3.8, 4) is 5.82 Å². The molecular formula is C19H26N6O2. The highest BCUT2D eigenvalue weighted by molar-refractivity contribution is 5.69. The van der Waals surface area contributed by atoms with E-state index in [1.807, 2.05) is 19.9 Å². The first kappa shape index (κ1) is 17.9. The molecule has 27 heavy (non-hydrogen) atoms. The smallest absolute Gasteiger partial charge is 0.317 e. The number of aromatic nitrogens is 4. The van der Waals surface area contributed by atoms with E-state index in [0.29, 0.717) is 23.8 Å². The van der Waals surface area contributed by atoms with Gasteiger partial charge in [-0.3, -0.25) is 14.7 Å².